The van der Waals surface area contributed by atoms with Gasteiger partial charge in [-0.1, -0.05) is 38.1 Å². The van der Waals surface area contributed by atoms with Gasteiger partial charge in [0.2, 0.25) is 5.88 Å². The summed E-state index contributed by atoms with van der Waals surface area (Å²) >= 11 is 0. The Morgan fingerprint density at radius 2 is 0.784 bits per heavy atom. The summed E-state index contributed by atoms with van der Waals surface area (Å²) in [4.78, 5) is 46.9. The van der Waals surface area contributed by atoms with Crippen LogP contribution in [0.15, 0.2) is 166 Å². The highest BCUT2D eigenvalue weighted by atomic mass is 19.2. The second kappa shape index (κ2) is 41.6. The Labute approximate surface area is 846 Å². The number of nitrogens with one attached hydrogen (secondary N) is 2. The molecular weight excluding hydrogens is 1910 g/mol. The fraction of sp³-hybridized carbons (Fsp3) is 0.422. The zero-order valence-corrected chi connectivity index (χ0v) is 82.4. The lowest BCUT2D eigenvalue weighted by atomic mass is 9.84. The van der Waals surface area contributed by atoms with E-state index in [9.17, 15) is 73.0 Å². The number of nitrogens with two attached hydrogens (primary N) is 1. The van der Waals surface area contributed by atoms with Crippen LogP contribution < -0.4 is 40.1 Å². The maximum Gasteiger partial charge on any atom is 0.223 e. The molecule has 7 aliphatic carbocycles. The number of fused-ring (bicyclic) bond motifs is 10. The van der Waals surface area contributed by atoms with Gasteiger partial charge in [0.05, 0.1) is 58.1 Å². The number of ether oxygens (including phenoxy) is 5. The van der Waals surface area contributed by atoms with Gasteiger partial charge in [-0.3, -0.25) is 4.98 Å². The van der Waals surface area contributed by atoms with Crippen LogP contribution in [0.5, 0.6) is 28.9 Å². The van der Waals surface area contributed by atoms with Gasteiger partial charge in [-0.25, -0.2) is 71.8 Å². The van der Waals surface area contributed by atoms with Crippen molar-refractivity contribution in [2.45, 2.75) is 267 Å². The monoisotopic (exact) mass is 2030 g/mol. The van der Waals surface area contributed by atoms with E-state index in [1.165, 1.54) is 58.2 Å². The Bertz CT molecular complexity index is 7370. The van der Waals surface area contributed by atoms with Gasteiger partial charge >= 0.3 is 0 Å². The molecule has 148 heavy (non-hydrogen) atoms. The average Bonchev–Trinajstić information content (AvgIpc) is 1.26. The number of aliphatic hydroxyl groups is 10. The highest BCUT2D eigenvalue weighted by Gasteiger charge is 2.51. The number of aromatic nitrogens is 16. The Morgan fingerprint density at radius 3 is 1.24 bits per heavy atom. The number of pyridine rings is 3. The van der Waals surface area contributed by atoms with Crippen LogP contribution in [0.4, 0.5) is 27.6 Å². The van der Waals surface area contributed by atoms with Crippen LogP contribution in [-0.2, 0) is 51.6 Å². The van der Waals surface area contributed by atoms with Crippen molar-refractivity contribution >= 4 is 71.6 Å². The van der Waals surface area contributed by atoms with Crippen LogP contribution in [0.25, 0.3) is 65.9 Å². The van der Waals surface area contributed by atoms with Crippen molar-refractivity contribution in [3.8, 4) is 28.9 Å². The number of aliphatic hydroxyl groups excluding tert-OH is 10. The van der Waals surface area contributed by atoms with Crippen molar-refractivity contribution in [1.82, 2.24) is 88.3 Å². The summed E-state index contributed by atoms with van der Waals surface area (Å²) < 4.78 is 111. The van der Waals surface area contributed by atoms with E-state index in [1.807, 2.05) is 121 Å². The molecular formula is C109H118F5N19O15. The van der Waals surface area contributed by atoms with Crippen LogP contribution >= 0.6 is 0 Å². The van der Waals surface area contributed by atoms with Gasteiger partial charge in [-0.05, 0) is 193 Å². The smallest absolute Gasteiger partial charge is 0.223 e. The molecule has 2 aliphatic heterocycles. The predicted octanol–water partition coefficient (Wildman–Crippen LogP) is 11.6. The third-order valence-corrected chi connectivity index (χ3v) is 31.3. The molecule has 14 N–H and O–H groups in total. The fourth-order valence-electron chi connectivity index (χ4n) is 23.2. The third-order valence-electron chi connectivity index (χ3n) is 31.3. The average molecular weight is 2030 g/mol. The Balaban J connectivity index is 0.000000108. The van der Waals surface area contributed by atoms with Crippen LogP contribution in [0.3, 0.4) is 0 Å². The molecule has 25 rings (SSSR count). The highest BCUT2D eigenvalue weighted by Crippen LogP contribution is 2.47. The lowest BCUT2D eigenvalue weighted by Crippen LogP contribution is -2.35. The second-order valence-electron chi connectivity index (χ2n) is 40.6. The quantitative estimate of drug-likeness (QED) is 0.0424. The van der Waals surface area contributed by atoms with Gasteiger partial charge in [0.25, 0.3) is 0 Å². The summed E-state index contributed by atoms with van der Waals surface area (Å²) in [5, 5.41) is 119. The highest BCUT2D eigenvalue weighted by molar-refractivity contribution is 5.92. The maximum atomic E-state index is 14.4. The van der Waals surface area contributed by atoms with Gasteiger partial charge in [0.15, 0.2) is 29.1 Å². The molecule has 34 nitrogen and oxygen atoms in total. The van der Waals surface area contributed by atoms with Gasteiger partial charge in [-0.2, -0.15) is 0 Å². The molecule has 14 heterocycles. The molecule has 9 aliphatic rings. The van der Waals surface area contributed by atoms with E-state index < -0.39 is 133 Å². The number of nitrogen functional groups attached to an aromatic ring is 1. The lowest BCUT2D eigenvalue weighted by Gasteiger charge is -2.26. The predicted molar refractivity (Wildman–Crippen MR) is 537 cm³/mol. The minimum Gasteiger partial charge on any atom is -0.487 e. The van der Waals surface area contributed by atoms with Gasteiger partial charge < -0.3 is 114 Å². The lowest BCUT2D eigenvalue weighted by molar-refractivity contribution is -0.0170. The number of anilines is 1. The molecule has 16 aromatic rings. The maximum absolute atomic E-state index is 14.4. The first kappa shape index (κ1) is 100. The molecule has 0 radical (unpaired) electrons. The largest absolute Gasteiger partial charge is 0.487 e. The number of rotatable bonds is 15. The van der Waals surface area contributed by atoms with Crippen LogP contribution in [0.1, 0.15) is 162 Å². The van der Waals surface area contributed by atoms with Crippen molar-refractivity contribution in [3.05, 3.63) is 268 Å². The first-order chi connectivity index (χ1) is 71.4. The molecule has 4 aromatic carbocycles. The fourth-order valence-corrected chi connectivity index (χ4v) is 23.2. The van der Waals surface area contributed by atoms with Crippen molar-refractivity contribution in [3.63, 3.8) is 0 Å². The molecule has 0 amide bonds. The zero-order chi connectivity index (χ0) is 103. The molecule has 22 atom stereocenters. The summed E-state index contributed by atoms with van der Waals surface area (Å²) in [5.41, 5.74) is 20.3. The van der Waals surface area contributed by atoms with E-state index in [0.717, 1.165) is 134 Å². The second-order valence-corrected chi connectivity index (χ2v) is 40.6. The summed E-state index contributed by atoms with van der Waals surface area (Å²) in [6, 6.07) is 23.5. The molecule has 0 bridgehead atoms. The minimum atomic E-state index is -1.31. The molecule has 5 saturated carbocycles. The summed E-state index contributed by atoms with van der Waals surface area (Å²) in [6.07, 6.45) is 16.5. The first-order valence-electron chi connectivity index (χ1n) is 50.4. The van der Waals surface area contributed by atoms with E-state index in [-0.39, 0.29) is 53.4 Å². The Hall–Kier alpha value is -13.4. The van der Waals surface area contributed by atoms with Gasteiger partial charge in [0, 0.05) is 169 Å². The van der Waals surface area contributed by atoms with Crippen LogP contribution in [-0.4, -0.2) is 233 Å². The van der Waals surface area contributed by atoms with Crippen molar-refractivity contribution in [1.29, 1.82) is 0 Å². The first-order valence-corrected chi connectivity index (χ1v) is 50.4. The van der Waals surface area contributed by atoms with Crippen molar-refractivity contribution in [2.75, 3.05) is 18.8 Å². The number of aryl methyl sites for hydroxylation is 5. The van der Waals surface area contributed by atoms with Crippen LogP contribution in [0, 0.1) is 75.5 Å². The molecule has 0 spiro atoms. The van der Waals surface area contributed by atoms with Gasteiger partial charge in [0.1, 0.15) is 168 Å². The molecule has 39 heteroatoms. The number of halogens is 5. The topological polar surface area (TPSA) is 465 Å². The number of nitrogens with zero attached hydrogens (tertiary/aromatic N) is 16. The molecule has 774 valence electrons. The van der Waals surface area contributed by atoms with E-state index >= 15 is 0 Å². The van der Waals surface area contributed by atoms with E-state index in [1.54, 1.807) is 42.3 Å². The molecule has 5 fully saturated rings. The summed E-state index contributed by atoms with van der Waals surface area (Å²) in [5.74, 6) is -0.0599. The van der Waals surface area contributed by atoms with Crippen molar-refractivity contribution < 1.29 is 96.7 Å². The van der Waals surface area contributed by atoms with Crippen molar-refractivity contribution in [2.24, 2.45) is 11.8 Å². The number of hydrogen-bond donors (Lipinski definition) is 13. The molecule has 12 aromatic heterocycles. The molecule has 0 saturated heterocycles. The van der Waals surface area contributed by atoms with Gasteiger partial charge in [-0.15, -0.1) is 0 Å². The third kappa shape index (κ3) is 19.0. The normalized spacial score (nSPS) is 26.9. The van der Waals surface area contributed by atoms with Crippen LogP contribution in [0.2, 0.25) is 0 Å². The SMILES string of the molecule is Cc1cn(C2CC(Oc3cc(F)c(F)c4c3CNCC4)C(O)C2O)c2nccc(N)c12.Cc1ncc2c(F)cn(C3CC(Oc4cc(F)c(F)c5c4CNCC5)C(O)C3O)c2n1.Cc1ncnc2c1ccn2C1CC(Oc2cccc3c2CCC(C)C3)C(O)C1O.Cc1ncnc2c1ccn2C1CC(Oc2cccc3c2CCC(C)C3)C(O)C1O.Cc1ncnc2c1ccn2C1CC(Oc2nccc3ccncc23)C(O)C1O. The Morgan fingerprint density at radius 1 is 0.372 bits per heavy atom. The number of benzene rings is 4. The zero-order valence-electron chi connectivity index (χ0n) is 82.4. The minimum absolute atomic E-state index is 0.121. The Kier molecular flexibility index (Phi) is 28.2. The summed E-state index contributed by atoms with van der Waals surface area (Å²) in [6.45, 7) is 15.7. The summed E-state index contributed by atoms with van der Waals surface area (Å²) in [7, 11) is 0. The molecule has 22 unspecified atom stereocenters. The van der Waals surface area contributed by atoms with E-state index in [4.69, 9.17) is 29.4 Å². The number of hydrogen-bond acceptors (Lipinski definition) is 29. The van der Waals surface area contributed by atoms with E-state index in [2.05, 4.69) is 91.4 Å². The van der Waals surface area contributed by atoms with E-state index in [0.29, 0.717) is 115 Å². The standard InChI is InChI=1S/2C23H27N3O3.C22H24F2N4O3.C21H21F3N4O3.C20H19N5O3/c2*1-13-6-7-17-15(10-13)4-3-5-19(17)29-20-11-18(21(27)22(20)28)26-9-8-16-14(2)24-12-25-23(16)26;1-10-9-28(22-18(10)14(25)3-5-27-22)15-7-17(21(30)20(15)29)31-16-6-13(23)19(24)11-2-4-26-8-12(11)16;1-9-26-7-12-14(23)8-28(21(12)27-9)15-5-17(20(30)19(15)29)31-16-4-13(22)18(24)10-2-3-25-6-11(10)16;1-11-13-4-7-25(19(13)24-10-23-11)15-8-16(18(27)17(15)26)28-20-14-9-21-5-2-12(14)3-6-22-20/h2*3-5,8-9,12-13,18,20-22,27-28H,6-7,10-11H2,1-2H3;3,5-6,9,15,17,20-21,26,29-30H,2,4,7-8H2,1H3,(H2,25,27);4,7-8,15,17,19-20,25,29-30H,2-3,5-6H2,1H3;2-7,9-10,15-18,26-27H,8H2,1H3.